The van der Waals surface area contributed by atoms with Gasteiger partial charge in [-0.15, -0.1) is 0 Å². The van der Waals surface area contributed by atoms with Crippen molar-refractivity contribution >= 4 is 17.3 Å². The van der Waals surface area contributed by atoms with Crippen molar-refractivity contribution in [3.8, 4) is 0 Å². The van der Waals surface area contributed by atoms with Crippen LogP contribution in [-0.4, -0.2) is 44.5 Å². The third kappa shape index (κ3) is 5.38. The van der Waals surface area contributed by atoms with Gasteiger partial charge in [-0.3, -0.25) is 4.79 Å². The number of hydrogen-bond acceptors (Lipinski definition) is 3. The number of carbonyl (C=O) groups excluding carboxylic acids is 1. The van der Waals surface area contributed by atoms with Crippen LogP contribution in [0.2, 0.25) is 0 Å². The molecule has 1 N–H and O–H groups in total. The van der Waals surface area contributed by atoms with Crippen LogP contribution in [-0.2, 0) is 4.79 Å². The first-order valence-corrected chi connectivity index (χ1v) is 8.97. The highest BCUT2D eigenvalue weighted by atomic mass is 16.1. The number of nitrogens with one attached hydrogen (secondary N) is 1. The maximum atomic E-state index is 12.0. The molecule has 1 heterocycles. The Morgan fingerprint density at radius 1 is 1.25 bits per heavy atom. The quantitative estimate of drug-likeness (QED) is 0.807. The largest absolute Gasteiger partial charge is 0.372 e. The predicted octanol–water partition coefficient (Wildman–Crippen LogP) is 3.76. The van der Waals surface area contributed by atoms with E-state index in [9.17, 15) is 4.79 Å². The lowest BCUT2D eigenvalue weighted by Gasteiger charge is -2.34. The summed E-state index contributed by atoms with van der Waals surface area (Å²) in [6.07, 6.45) is 5.32. The van der Waals surface area contributed by atoms with E-state index in [0.29, 0.717) is 0 Å². The summed E-state index contributed by atoms with van der Waals surface area (Å²) in [6.45, 7) is 7.30. The normalized spacial score (nSPS) is 16.5. The zero-order chi connectivity index (χ0) is 17.5. The Balaban J connectivity index is 1.89. The van der Waals surface area contributed by atoms with Gasteiger partial charge in [0.05, 0.1) is 0 Å². The molecule has 0 atom stereocenters. The Labute approximate surface area is 146 Å². The van der Waals surface area contributed by atoms with Gasteiger partial charge >= 0.3 is 0 Å². The van der Waals surface area contributed by atoms with Crippen molar-refractivity contribution in [3.63, 3.8) is 0 Å². The fourth-order valence-electron chi connectivity index (χ4n) is 3.27. The van der Waals surface area contributed by atoms with E-state index < -0.39 is 0 Å². The molecule has 0 spiro atoms. The summed E-state index contributed by atoms with van der Waals surface area (Å²) in [5.74, 6) is 0.789. The Morgan fingerprint density at radius 2 is 1.88 bits per heavy atom. The maximum Gasteiger partial charge on any atom is 0.250 e. The average Bonchev–Trinajstić information content (AvgIpc) is 2.56. The third-order valence-electron chi connectivity index (χ3n) is 4.60. The predicted molar refractivity (Wildman–Crippen MR) is 103 cm³/mol. The lowest BCUT2D eigenvalue weighted by atomic mass is 9.96. The molecular weight excluding hydrogens is 298 g/mol. The summed E-state index contributed by atoms with van der Waals surface area (Å²) >= 11 is 0. The molecule has 1 fully saturated rings. The average molecular weight is 329 g/mol. The van der Waals surface area contributed by atoms with Crippen molar-refractivity contribution < 1.29 is 4.79 Å². The van der Waals surface area contributed by atoms with E-state index in [1.807, 2.05) is 32.1 Å². The summed E-state index contributed by atoms with van der Waals surface area (Å²) in [4.78, 5) is 16.7. The van der Waals surface area contributed by atoms with Gasteiger partial charge in [-0.2, -0.15) is 0 Å². The van der Waals surface area contributed by atoms with Gasteiger partial charge in [0.1, 0.15) is 0 Å². The third-order valence-corrected chi connectivity index (χ3v) is 4.60. The van der Waals surface area contributed by atoms with Crippen LogP contribution in [0.15, 0.2) is 35.9 Å². The number of amides is 1. The second-order valence-corrected chi connectivity index (χ2v) is 6.99. The van der Waals surface area contributed by atoms with Crippen molar-refractivity contribution in [1.82, 2.24) is 4.90 Å². The fourth-order valence-corrected chi connectivity index (χ4v) is 3.27. The van der Waals surface area contributed by atoms with Crippen LogP contribution in [0.1, 0.15) is 33.1 Å². The number of carbonyl (C=O) groups is 1. The van der Waals surface area contributed by atoms with Gasteiger partial charge in [-0.25, -0.2) is 0 Å². The molecule has 4 heteroatoms. The first-order valence-electron chi connectivity index (χ1n) is 8.97. The van der Waals surface area contributed by atoms with Crippen LogP contribution in [0.4, 0.5) is 11.4 Å². The SMILES string of the molecule is CC/C=C(/C)C(=O)Nc1ccc(N2CCC(CN(C)C)CC2)cc1. The molecule has 1 saturated heterocycles. The topological polar surface area (TPSA) is 35.6 Å². The Hall–Kier alpha value is -1.81. The minimum Gasteiger partial charge on any atom is -0.372 e. The molecule has 0 aliphatic carbocycles. The Bertz CT molecular complexity index is 555. The minimum atomic E-state index is -0.0194. The van der Waals surface area contributed by atoms with E-state index in [1.165, 1.54) is 25.1 Å². The molecule has 2 rings (SSSR count). The lowest BCUT2D eigenvalue weighted by Crippen LogP contribution is -2.37. The lowest BCUT2D eigenvalue weighted by molar-refractivity contribution is -0.112. The first-order chi connectivity index (χ1) is 11.5. The van der Waals surface area contributed by atoms with Crippen molar-refractivity contribution in [2.24, 2.45) is 5.92 Å². The van der Waals surface area contributed by atoms with E-state index in [0.717, 1.165) is 36.7 Å². The molecule has 1 amide bonds. The molecule has 0 bridgehead atoms. The number of hydrogen-bond donors (Lipinski definition) is 1. The molecule has 0 saturated carbocycles. The number of nitrogens with zero attached hydrogens (tertiary/aromatic N) is 2. The molecule has 1 aromatic rings. The van der Waals surface area contributed by atoms with Crippen LogP contribution in [0, 0.1) is 5.92 Å². The van der Waals surface area contributed by atoms with Gasteiger partial charge in [-0.1, -0.05) is 13.0 Å². The van der Waals surface area contributed by atoms with Crippen LogP contribution in [0.5, 0.6) is 0 Å². The second kappa shape index (κ2) is 8.88. The molecule has 1 aromatic carbocycles. The summed E-state index contributed by atoms with van der Waals surface area (Å²) in [5, 5.41) is 2.95. The highest BCUT2D eigenvalue weighted by Gasteiger charge is 2.19. The van der Waals surface area contributed by atoms with Crippen LogP contribution < -0.4 is 10.2 Å². The number of anilines is 2. The minimum absolute atomic E-state index is 0.0194. The number of allylic oxidation sites excluding steroid dienone is 1. The maximum absolute atomic E-state index is 12.0. The first kappa shape index (κ1) is 18.5. The molecule has 4 nitrogen and oxygen atoms in total. The molecule has 0 radical (unpaired) electrons. The van der Waals surface area contributed by atoms with E-state index in [1.54, 1.807) is 0 Å². The van der Waals surface area contributed by atoms with Crippen molar-refractivity contribution in [2.45, 2.75) is 33.1 Å². The highest BCUT2D eigenvalue weighted by Crippen LogP contribution is 2.25. The van der Waals surface area contributed by atoms with Crippen LogP contribution in [0.3, 0.4) is 0 Å². The van der Waals surface area contributed by atoms with Gasteiger partial charge in [0.25, 0.3) is 5.91 Å². The highest BCUT2D eigenvalue weighted by molar-refractivity contribution is 6.03. The number of benzene rings is 1. The number of piperidine rings is 1. The summed E-state index contributed by atoms with van der Waals surface area (Å²) in [6, 6.07) is 8.22. The van der Waals surface area contributed by atoms with Gasteiger partial charge < -0.3 is 15.1 Å². The van der Waals surface area contributed by atoms with Gasteiger partial charge in [0, 0.05) is 36.6 Å². The molecule has 0 aromatic heterocycles. The zero-order valence-corrected chi connectivity index (χ0v) is 15.5. The van der Waals surface area contributed by atoms with E-state index >= 15 is 0 Å². The van der Waals surface area contributed by atoms with Crippen molar-refractivity contribution in [2.75, 3.05) is 43.9 Å². The van der Waals surface area contributed by atoms with Crippen LogP contribution >= 0.6 is 0 Å². The Kier molecular flexibility index (Phi) is 6.85. The standard InChI is InChI=1S/C20H31N3O/c1-5-6-16(2)20(24)21-18-7-9-19(10-8-18)23-13-11-17(12-14-23)15-22(3)4/h6-10,17H,5,11-15H2,1-4H3,(H,21,24)/b16-6-. The van der Waals surface area contributed by atoms with Crippen molar-refractivity contribution in [3.05, 3.63) is 35.9 Å². The Morgan fingerprint density at radius 3 is 2.42 bits per heavy atom. The summed E-state index contributed by atoms with van der Waals surface area (Å²) in [7, 11) is 4.30. The van der Waals surface area contributed by atoms with E-state index in [-0.39, 0.29) is 5.91 Å². The van der Waals surface area contributed by atoms with Gasteiger partial charge in [0.15, 0.2) is 0 Å². The fraction of sp³-hybridized carbons (Fsp3) is 0.550. The summed E-state index contributed by atoms with van der Waals surface area (Å²) < 4.78 is 0. The van der Waals surface area contributed by atoms with E-state index in [2.05, 4.69) is 41.3 Å². The number of rotatable bonds is 6. The van der Waals surface area contributed by atoms with Crippen molar-refractivity contribution in [1.29, 1.82) is 0 Å². The molecule has 1 aliphatic rings. The summed E-state index contributed by atoms with van der Waals surface area (Å²) in [5.41, 5.74) is 2.87. The molecule has 1 aliphatic heterocycles. The zero-order valence-electron chi connectivity index (χ0n) is 15.5. The second-order valence-electron chi connectivity index (χ2n) is 6.99. The van der Waals surface area contributed by atoms with Gasteiger partial charge in [-0.05, 0) is 70.5 Å². The monoisotopic (exact) mass is 329 g/mol. The molecule has 0 unspecified atom stereocenters. The van der Waals surface area contributed by atoms with Crippen LogP contribution in [0.25, 0.3) is 0 Å². The molecular formula is C20H31N3O. The molecule has 132 valence electrons. The molecule has 24 heavy (non-hydrogen) atoms. The smallest absolute Gasteiger partial charge is 0.250 e. The van der Waals surface area contributed by atoms with E-state index in [4.69, 9.17) is 0 Å². The van der Waals surface area contributed by atoms with Gasteiger partial charge in [0.2, 0.25) is 0 Å².